The summed E-state index contributed by atoms with van der Waals surface area (Å²) in [6.07, 6.45) is -0.832. The molecule has 0 aliphatic rings. The molecule has 0 aromatic heterocycles. The lowest BCUT2D eigenvalue weighted by Gasteiger charge is -2.34. The Balaban J connectivity index is 2.75. The second-order valence-corrected chi connectivity index (χ2v) is 6.21. The largest absolute Gasteiger partial charge is 0.481 e. The number of benzene rings is 1. The summed E-state index contributed by atoms with van der Waals surface area (Å²) in [7, 11) is 0. The molecule has 0 bridgehead atoms. The van der Waals surface area contributed by atoms with Gasteiger partial charge in [-0.2, -0.15) is 0 Å². The number of aliphatic carboxylic acids is 1. The molecule has 2 N–H and O–H groups in total. The topological polar surface area (TPSA) is 75.6 Å². The lowest BCUT2D eigenvalue weighted by Crippen LogP contribution is -2.54. The number of carbonyl (C=O) groups is 2. The SMILES string of the molecule is Cc1cccc(OC(C)C(=O)NC(C)(CC(=O)O)C(C)C)c1. The minimum atomic E-state index is -0.941. The summed E-state index contributed by atoms with van der Waals surface area (Å²) in [5.41, 5.74) is 0.232. The third-order valence-corrected chi connectivity index (χ3v) is 3.87. The molecule has 0 saturated heterocycles. The summed E-state index contributed by atoms with van der Waals surface area (Å²) in [4.78, 5) is 23.3. The molecule has 22 heavy (non-hydrogen) atoms. The van der Waals surface area contributed by atoms with Crippen LogP contribution >= 0.6 is 0 Å². The number of rotatable bonds is 7. The van der Waals surface area contributed by atoms with E-state index in [0.29, 0.717) is 5.75 Å². The normalized spacial score (nSPS) is 15.0. The van der Waals surface area contributed by atoms with E-state index in [-0.39, 0.29) is 18.2 Å². The average molecular weight is 307 g/mol. The number of nitrogens with one attached hydrogen (secondary N) is 1. The molecule has 0 radical (unpaired) electrons. The highest BCUT2D eigenvalue weighted by Gasteiger charge is 2.34. The number of hydrogen-bond acceptors (Lipinski definition) is 3. The summed E-state index contributed by atoms with van der Waals surface area (Å²) in [5.74, 6) is -0.659. The van der Waals surface area contributed by atoms with Crippen LogP contribution in [0.4, 0.5) is 0 Å². The Bertz CT molecular complexity index is 541. The first-order valence-electron chi connectivity index (χ1n) is 7.41. The smallest absolute Gasteiger partial charge is 0.305 e. The van der Waals surface area contributed by atoms with Crippen LogP contribution in [0.5, 0.6) is 5.75 Å². The van der Waals surface area contributed by atoms with E-state index in [1.54, 1.807) is 19.9 Å². The molecule has 1 rings (SSSR count). The van der Waals surface area contributed by atoms with Crippen molar-refractivity contribution in [3.8, 4) is 5.75 Å². The van der Waals surface area contributed by atoms with Gasteiger partial charge in [0.25, 0.3) is 5.91 Å². The van der Waals surface area contributed by atoms with Gasteiger partial charge in [0, 0.05) is 0 Å². The van der Waals surface area contributed by atoms with Gasteiger partial charge in [0.05, 0.1) is 12.0 Å². The standard InChI is InChI=1S/C17H25NO4/c1-11(2)17(5,10-15(19)20)18-16(21)13(4)22-14-8-6-7-12(3)9-14/h6-9,11,13H,10H2,1-5H3,(H,18,21)(H,19,20). The van der Waals surface area contributed by atoms with Crippen LogP contribution in [0.15, 0.2) is 24.3 Å². The zero-order chi connectivity index (χ0) is 16.9. The van der Waals surface area contributed by atoms with Crippen molar-refractivity contribution in [1.29, 1.82) is 0 Å². The lowest BCUT2D eigenvalue weighted by atomic mass is 9.85. The van der Waals surface area contributed by atoms with E-state index in [2.05, 4.69) is 5.32 Å². The van der Waals surface area contributed by atoms with E-state index in [1.165, 1.54) is 0 Å². The van der Waals surface area contributed by atoms with Crippen LogP contribution in [0.2, 0.25) is 0 Å². The van der Waals surface area contributed by atoms with E-state index in [1.807, 2.05) is 39.0 Å². The van der Waals surface area contributed by atoms with Crippen molar-refractivity contribution in [1.82, 2.24) is 5.32 Å². The van der Waals surface area contributed by atoms with Crippen LogP contribution in [-0.2, 0) is 9.59 Å². The Morgan fingerprint density at radius 2 is 1.95 bits per heavy atom. The highest BCUT2D eigenvalue weighted by molar-refractivity contribution is 5.82. The Labute approximate surface area is 131 Å². The van der Waals surface area contributed by atoms with Crippen molar-refractivity contribution in [3.05, 3.63) is 29.8 Å². The van der Waals surface area contributed by atoms with E-state index in [4.69, 9.17) is 9.84 Å². The number of carboxylic acids is 1. The molecule has 2 atom stereocenters. The summed E-state index contributed by atoms with van der Waals surface area (Å²) >= 11 is 0. The van der Waals surface area contributed by atoms with Crippen molar-refractivity contribution >= 4 is 11.9 Å². The fourth-order valence-corrected chi connectivity index (χ4v) is 2.04. The Hall–Kier alpha value is -2.04. The van der Waals surface area contributed by atoms with Gasteiger partial charge in [0.2, 0.25) is 0 Å². The van der Waals surface area contributed by atoms with Gasteiger partial charge in [-0.25, -0.2) is 0 Å². The molecule has 0 aliphatic heterocycles. The first kappa shape index (κ1) is 18.0. The summed E-state index contributed by atoms with van der Waals surface area (Å²) in [5, 5.41) is 11.8. The highest BCUT2D eigenvalue weighted by Crippen LogP contribution is 2.21. The van der Waals surface area contributed by atoms with E-state index in [9.17, 15) is 9.59 Å². The van der Waals surface area contributed by atoms with Crippen molar-refractivity contribution in [2.24, 2.45) is 5.92 Å². The third-order valence-electron chi connectivity index (χ3n) is 3.87. The van der Waals surface area contributed by atoms with Crippen LogP contribution in [0.25, 0.3) is 0 Å². The first-order valence-corrected chi connectivity index (χ1v) is 7.41. The molecule has 5 nitrogen and oxygen atoms in total. The molecule has 5 heteroatoms. The fraction of sp³-hybridized carbons (Fsp3) is 0.529. The van der Waals surface area contributed by atoms with E-state index >= 15 is 0 Å². The van der Waals surface area contributed by atoms with Gasteiger partial charge in [-0.3, -0.25) is 9.59 Å². The first-order chi connectivity index (χ1) is 10.1. The van der Waals surface area contributed by atoms with E-state index in [0.717, 1.165) is 5.56 Å². The number of carboxylic acid groups (broad SMARTS) is 1. The zero-order valence-corrected chi connectivity index (χ0v) is 13.8. The molecular weight excluding hydrogens is 282 g/mol. The Kier molecular flexibility index (Phi) is 5.97. The highest BCUT2D eigenvalue weighted by atomic mass is 16.5. The molecule has 0 heterocycles. The minimum absolute atomic E-state index is 0.0151. The monoisotopic (exact) mass is 307 g/mol. The van der Waals surface area contributed by atoms with Crippen molar-refractivity contribution in [3.63, 3.8) is 0 Å². The van der Waals surface area contributed by atoms with E-state index < -0.39 is 17.6 Å². The maximum Gasteiger partial charge on any atom is 0.305 e. The van der Waals surface area contributed by atoms with Gasteiger partial charge in [0.15, 0.2) is 6.10 Å². The molecule has 0 aliphatic carbocycles. The van der Waals surface area contributed by atoms with Crippen LogP contribution in [-0.4, -0.2) is 28.6 Å². The molecule has 2 unspecified atom stereocenters. The fourth-order valence-electron chi connectivity index (χ4n) is 2.04. The maximum atomic E-state index is 12.3. The van der Waals surface area contributed by atoms with Gasteiger partial charge >= 0.3 is 5.97 Å². The number of hydrogen-bond donors (Lipinski definition) is 2. The predicted molar refractivity (Wildman–Crippen MR) is 84.9 cm³/mol. The molecular formula is C17H25NO4. The molecule has 1 aromatic rings. The number of aryl methyl sites for hydroxylation is 1. The second kappa shape index (κ2) is 7.29. The molecule has 122 valence electrons. The maximum absolute atomic E-state index is 12.3. The summed E-state index contributed by atoms with van der Waals surface area (Å²) in [6, 6.07) is 7.44. The number of amides is 1. The Morgan fingerprint density at radius 3 is 2.45 bits per heavy atom. The van der Waals surface area contributed by atoms with Gasteiger partial charge in [0.1, 0.15) is 5.75 Å². The Morgan fingerprint density at radius 1 is 1.32 bits per heavy atom. The molecule has 0 fully saturated rings. The minimum Gasteiger partial charge on any atom is -0.481 e. The molecule has 1 amide bonds. The summed E-state index contributed by atoms with van der Waals surface area (Å²) in [6.45, 7) is 9.10. The average Bonchev–Trinajstić information content (AvgIpc) is 2.37. The van der Waals surface area contributed by atoms with Crippen molar-refractivity contribution in [2.45, 2.75) is 52.7 Å². The number of carbonyl (C=O) groups excluding carboxylic acids is 1. The van der Waals surface area contributed by atoms with Crippen molar-refractivity contribution in [2.75, 3.05) is 0 Å². The van der Waals surface area contributed by atoms with Crippen LogP contribution in [0, 0.1) is 12.8 Å². The van der Waals surface area contributed by atoms with Gasteiger partial charge in [-0.1, -0.05) is 26.0 Å². The van der Waals surface area contributed by atoms with Gasteiger partial charge in [-0.15, -0.1) is 0 Å². The summed E-state index contributed by atoms with van der Waals surface area (Å²) < 4.78 is 5.63. The van der Waals surface area contributed by atoms with Crippen LogP contribution in [0.1, 0.15) is 39.7 Å². The molecule has 0 spiro atoms. The number of ether oxygens (including phenoxy) is 1. The zero-order valence-electron chi connectivity index (χ0n) is 13.8. The third kappa shape index (κ3) is 5.06. The van der Waals surface area contributed by atoms with Crippen LogP contribution < -0.4 is 10.1 Å². The predicted octanol–water partition coefficient (Wildman–Crippen LogP) is 2.77. The molecule has 0 saturated carbocycles. The molecule has 1 aromatic carbocycles. The van der Waals surface area contributed by atoms with Crippen molar-refractivity contribution < 1.29 is 19.4 Å². The van der Waals surface area contributed by atoms with Crippen LogP contribution in [0.3, 0.4) is 0 Å². The lowest BCUT2D eigenvalue weighted by molar-refractivity contribution is -0.140. The van der Waals surface area contributed by atoms with Gasteiger partial charge < -0.3 is 15.2 Å². The van der Waals surface area contributed by atoms with Gasteiger partial charge in [-0.05, 0) is 44.4 Å². The second-order valence-electron chi connectivity index (χ2n) is 6.21. The quantitative estimate of drug-likeness (QED) is 0.812.